The second-order valence-electron chi connectivity index (χ2n) is 5.30. The number of amides is 2. The van der Waals surface area contributed by atoms with Crippen molar-refractivity contribution in [2.24, 2.45) is 5.92 Å². The summed E-state index contributed by atoms with van der Waals surface area (Å²) in [4.78, 5) is 26.1. The maximum Gasteiger partial charge on any atom is 0.239 e. The Bertz CT molecular complexity index is 729. The molecule has 4 nitrogen and oxygen atoms in total. The molecule has 0 radical (unpaired) electrons. The van der Waals surface area contributed by atoms with Crippen LogP contribution in [0.1, 0.15) is 6.42 Å². The minimum atomic E-state index is -0.801. The normalized spacial score (nSPS) is 17.4. The van der Waals surface area contributed by atoms with E-state index in [-0.39, 0.29) is 11.7 Å². The van der Waals surface area contributed by atoms with E-state index in [0.717, 1.165) is 0 Å². The van der Waals surface area contributed by atoms with E-state index in [0.29, 0.717) is 24.3 Å². The number of hydrogen-bond donors (Lipinski definition) is 1. The second-order valence-corrected chi connectivity index (χ2v) is 5.30. The highest BCUT2D eigenvalue weighted by atomic mass is 19.1. The van der Waals surface area contributed by atoms with E-state index in [4.69, 9.17) is 0 Å². The SMILES string of the molecule is O=C(Nc1ccc(F)cc1)C1CCN(c2ccc(F)cc2)C1=O. The Labute approximate surface area is 131 Å². The molecule has 0 aliphatic carbocycles. The molecular formula is C17H14F2N2O2. The summed E-state index contributed by atoms with van der Waals surface area (Å²) in [5, 5.41) is 2.61. The van der Waals surface area contributed by atoms with Gasteiger partial charge in [-0.05, 0) is 55.0 Å². The molecule has 2 amide bonds. The number of anilines is 2. The molecule has 1 atom stereocenters. The largest absolute Gasteiger partial charge is 0.325 e. The van der Waals surface area contributed by atoms with Crippen LogP contribution in [-0.4, -0.2) is 18.4 Å². The van der Waals surface area contributed by atoms with Crippen LogP contribution in [0.3, 0.4) is 0 Å². The van der Waals surface area contributed by atoms with Crippen molar-refractivity contribution in [1.82, 2.24) is 0 Å². The van der Waals surface area contributed by atoms with Gasteiger partial charge in [-0.1, -0.05) is 0 Å². The Balaban J connectivity index is 1.69. The minimum Gasteiger partial charge on any atom is -0.325 e. The van der Waals surface area contributed by atoms with E-state index in [1.807, 2.05) is 0 Å². The Morgan fingerprint density at radius 2 is 1.57 bits per heavy atom. The summed E-state index contributed by atoms with van der Waals surface area (Å²) in [6.45, 7) is 0.395. The van der Waals surface area contributed by atoms with Crippen molar-refractivity contribution in [3.63, 3.8) is 0 Å². The fourth-order valence-corrected chi connectivity index (χ4v) is 2.56. The first-order chi connectivity index (χ1) is 11.0. The number of carbonyl (C=O) groups is 2. The summed E-state index contributed by atoms with van der Waals surface area (Å²) in [6, 6.07) is 10.9. The quantitative estimate of drug-likeness (QED) is 0.885. The molecular weight excluding hydrogens is 302 g/mol. The number of nitrogens with zero attached hydrogens (tertiary/aromatic N) is 1. The van der Waals surface area contributed by atoms with E-state index in [9.17, 15) is 18.4 Å². The lowest BCUT2D eigenvalue weighted by atomic mass is 10.1. The fourth-order valence-electron chi connectivity index (χ4n) is 2.56. The summed E-state index contributed by atoms with van der Waals surface area (Å²) in [6.07, 6.45) is 0.378. The Morgan fingerprint density at radius 3 is 2.17 bits per heavy atom. The van der Waals surface area contributed by atoms with Crippen LogP contribution in [-0.2, 0) is 9.59 Å². The molecule has 2 aromatic carbocycles. The molecule has 1 saturated heterocycles. The molecule has 0 spiro atoms. The minimum absolute atomic E-state index is 0.323. The third kappa shape index (κ3) is 3.21. The highest BCUT2D eigenvalue weighted by Crippen LogP contribution is 2.26. The van der Waals surface area contributed by atoms with E-state index in [1.165, 1.54) is 53.4 Å². The van der Waals surface area contributed by atoms with Gasteiger partial charge in [0.2, 0.25) is 11.8 Å². The molecule has 2 aromatic rings. The predicted octanol–water partition coefficient (Wildman–Crippen LogP) is 2.96. The van der Waals surface area contributed by atoms with E-state index in [2.05, 4.69) is 5.32 Å². The van der Waals surface area contributed by atoms with Gasteiger partial charge in [-0.3, -0.25) is 9.59 Å². The van der Waals surface area contributed by atoms with Crippen LogP contribution in [0, 0.1) is 17.6 Å². The standard InChI is InChI=1S/C17H14F2N2O2/c18-11-1-5-13(6-2-11)20-16(22)15-9-10-21(17(15)23)14-7-3-12(19)4-8-14/h1-8,15H,9-10H2,(H,20,22). The van der Waals surface area contributed by atoms with Gasteiger partial charge in [-0.15, -0.1) is 0 Å². The van der Waals surface area contributed by atoms with E-state index < -0.39 is 17.6 Å². The lowest BCUT2D eigenvalue weighted by Crippen LogP contribution is -2.33. The number of hydrogen-bond acceptors (Lipinski definition) is 2. The van der Waals surface area contributed by atoms with E-state index >= 15 is 0 Å². The summed E-state index contributed by atoms with van der Waals surface area (Å²) in [5.41, 5.74) is 0.998. The first kappa shape index (κ1) is 15.1. The molecule has 1 aliphatic rings. The zero-order valence-electron chi connectivity index (χ0n) is 12.1. The van der Waals surface area contributed by atoms with Crippen molar-refractivity contribution >= 4 is 23.2 Å². The van der Waals surface area contributed by atoms with Gasteiger partial charge >= 0.3 is 0 Å². The predicted molar refractivity (Wildman–Crippen MR) is 81.9 cm³/mol. The number of nitrogens with one attached hydrogen (secondary N) is 1. The highest BCUT2D eigenvalue weighted by Gasteiger charge is 2.37. The van der Waals surface area contributed by atoms with Gasteiger partial charge in [0.1, 0.15) is 17.6 Å². The molecule has 0 aromatic heterocycles. The second kappa shape index (κ2) is 6.16. The Hall–Kier alpha value is -2.76. The van der Waals surface area contributed by atoms with Gasteiger partial charge < -0.3 is 10.2 Å². The van der Waals surface area contributed by atoms with Crippen LogP contribution in [0.15, 0.2) is 48.5 Å². The molecule has 0 bridgehead atoms. The summed E-state index contributed by atoms with van der Waals surface area (Å²) < 4.78 is 25.8. The molecule has 1 unspecified atom stereocenters. The number of benzene rings is 2. The van der Waals surface area contributed by atoms with E-state index in [1.54, 1.807) is 0 Å². The van der Waals surface area contributed by atoms with Crippen molar-refractivity contribution in [3.8, 4) is 0 Å². The molecule has 0 saturated carbocycles. The number of halogens is 2. The lowest BCUT2D eigenvalue weighted by molar-refractivity contribution is -0.129. The van der Waals surface area contributed by atoms with Crippen LogP contribution in [0.4, 0.5) is 20.2 Å². The third-order valence-corrected chi connectivity index (χ3v) is 3.77. The lowest BCUT2D eigenvalue weighted by Gasteiger charge is -2.16. The molecule has 3 rings (SSSR count). The monoisotopic (exact) mass is 316 g/mol. The maximum absolute atomic E-state index is 13.0. The third-order valence-electron chi connectivity index (χ3n) is 3.77. The van der Waals surface area contributed by atoms with Crippen molar-refractivity contribution < 1.29 is 18.4 Å². The fraction of sp³-hybridized carbons (Fsp3) is 0.176. The topological polar surface area (TPSA) is 49.4 Å². The van der Waals surface area contributed by atoms with Crippen molar-refractivity contribution in [2.75, 3.05) is 16.8 Å². The molecule has 118 valence electrons. The zero-order chi connectivity index (χ0) is 16.4. The Morgan fingerprint density at radius 1 is 1.00 bits per heavy atom. The summed E-state index contributed by atoms with van der Waals surface area (Å²) in [7, 11) is 0. The average Bonchev–Trinajstić information content (AvgIpc) is 2.92. The summed E-state index contributed by atoms with van der Waals surface area (Å²) in [5.74, 6) is -2.33. The first-order valence-electron chi connectivity index (χ1n) is 7.18. The molecule has 1 heterocycles. The molecule has 23 heavy (non-hydrogen) atoms. The molecule has 1 aliphatic heterocycles. The molecule has 6 heteroatoms. The van der Waals surface area contributed by atoms with Gasteiger partial charge in [0, 0.05) is 17.9 Å². The van der Waals surface area contributed by atoms with Crippen molar-refractivity contribution in [1.29, 1.82) is 0 Å². The van der Waals surface area contributed by atoms with Gasteiger partial charge in [-0.25, -0.2) is 8.78 Å². The van der Waals surface area contributed by atoms with Crippen LogP contribution >= 0.6 is 0 Å². The van der Waals surface area contributed by atoms with Crippen molar-refractivity contribution in [2.45, 2.75) is 6.42 Å². The van der Waals surface area contributed by atoms with Crippen LogP contribution in [0.2, 0.25) is 0 Å². The number of carbonyl (C=O) groups excluding carboxylic acids is 2. The van der Waals surface area contributed by atoms with Gasteiger partial charge in [0.05, 0.1) is 0 Å². The Kier molecular flexibility index (Phi) is 4.06. The maximum atomic E-state index is 13.0. The van der Waals surface area contributed by atoms with Crippen LogP contribution in [0.5, 0.6) is 0 Å². The molecule has 1 fully saturated rings. The first-order valence-corrected chi connectivity index (χ1v) is 7.18. The van der Waals surface area contributed by atoms with Gasteiger partial charge in [0.15, 0.2) is 0 Å². The smallest absolute Gasteiger partial charge is 0.239 e. The molecule has 1 N–H and O–H groups in total. The number of rotatable bonds is 3. The highest BCUT2D eigenvalue weighted by molar-refractivity contribution is 6.13. The van der Waals surface area contributed by atoms with Gasteiger partial charge in [0.25, 0.3) is 0 Å². The summed E-state index contributed by atoms with van der Waals surface area (Å²) >= 11 is 0. The van der Waals surface area contributed by atoms with Crippen LogP contribution < -0.4 is 10.2 Å². The zero-order valence-corrected chi connectivity index (χ0v) is 12.1. The average molecular weight is 316 g/mol. The van der Waals surface area contributed by atoms with Crippen molar-refractivity contribution in [3.05, 3.63) is 60.2 Å². The van der Waals surface area contributed by atoms with Gasteiger partial charge in [-0.2, -0.15) is 0 Å². The van der Waals surface area contributed by atoms with Crippen LogP contribution in [0.25, 0.3) is 0 Å².